The van der Waals surface area contributed by atoms with E-state index in [2.05, 4.69) is 9.46 Å². The third-order valence-electron chi connectivity index (χ3n) is 3.82. The van der Waals surface area contributed by atoms with E-state index in [0.29, 0.717) is 18.4 Å². The molecule has 0 unspecified atom stereocenters. The lowest BCUT2D eigenvalue weighted by molar-refractivity contribution is 0.0600. The number of carbonyl (C=O) groups is 1. The highest BCUT2D eigenvalue weighted by molar-refractivity contribution is 7.88. The number of ether oxygens (including phenoxy) is 1. The van der Waals surface area contributed by atoms with Gasteiger partial charge in [0.25, 0.3) is 0 Å². The van der Waals surface area contributed by atoms with Crippen molar-refractivity contribution in [3.8, 4) is 0 Å². The number of benzene rings is 1. The van der Waals surface area contributed by atoms with E-state index in [0.717, 1.165) is 0 Å². The van der Waals surface area contributed by atoms with Gasteiger partial charge in [0.05, 0.1) is 18.4 Å². The molecular formula is C15H24N2O4S. The second kappa shape index (κ2) is 7.71. The van der Waals surface area contributed by atoms with Gasteiger partial charge in [0, 0.05) is 12.1 Å². The topological polar surface area (TPSA) is 98.5 Å². The van der Waals surface area contributed by atoms with Crippen LogP contribution in [0.4, 0.5) is 0 Å². The summed E-state index contributed by atoms with van der Waals surface area (Å²) in [5.74, 6) is -0.844. The Bertz CT molecular complexity index is 610. The van der Waals surface area contributed by atoms with Gasteiger partial charge in [-0.3, -0.25) is 0 Å². The Kier molecular flexibility index (Phi) is 6.52. The van der Waals surface area contributed by atoms with E-state index in [1.165, 1.54) is 7.11 Å². The first-order valence-electron chi connectivity index (χ1n) is 7.19. The molecule has 124 valence electrons. The Hall–Kier alpha value is -1.44. The van der Waals surface area contributed by atoms with Gasteiger partial charge in [-0.15, -0.1) is 0 Å². The minimum atomic E-state index is -3.59. The predicted octanol–water partition coefficient (Wildman–Crippen LogP) is 1.41. The Morgan fingerprint density at radius 2 is 1.86 bits per heavy atom. The van der Waals surface area contributed by atoms with Crippen molar-refractivity contribution in [2.45, 2.75) is 38.0 Å². The van der Waals surface area contributed by atoms with Crippen LogP contribution in [0.2, 0.25) is 0 Å². The fourth-order valence-electron chi connectivity index (χ4n) is 1.96. The molecule has 6 nitrogen and oxygen atoms in total. The van der Waals surface area contributed by atoms with Gasteiger partial charge < -0.3 is 10.5 Å². The van der Waals surface area contributed by atoms with Gasteiger partial charge in [-0.2, -0.15) is 0 Å². The maximum Gasteiger partial charge on any atom is 0.338 e. The summed E-state index contributed by atoms with van der Waals surface area (Å²) in [4.78, 5) is 11.7. The van der Waals surface area contributed by atoms with Crippen LogP contribution >= 0.6 is 0 Å². The highest BCUT2D eigenvalue weighted by Crippen LogP contribution is 2.15. The zero-order valence-corrected chi connectivity index (χ0v) is 14.1. The molecule has 0 spiro atoms. The van der Waals surface area contributed by atoms with Crippen LogP contribution < -0.4 is 10.5 Å². The summed E-state index contributed by atoms with van der Waals surface area (Å²) in [5.41, 5.74) is 6.19. The number of hydrogen-bond acceptors (Lipinski definition) is 5. The van der Waals surface area contributed by atoms with E-state index in [9.17, 15) is 13.2 Å². The number of nitrogens with two attached hydrogens (primary N) is 1. The molecule has 1 rings (SSSR count). The molecule has 0 saturated heterocycles. The van der Waals surface area contributed by atoms with Crippen LogP contribution in [0.1, 0.15) is 42.6 Å². The van der Waals surface area contributed by atoms with Crippen molar-refractivity contribution in [2.24, 2.45) is 5.73 Å². The molecule has 0 radical (unpaired) electrons. The van der Waals surface area contributed by atoms with Gasteiger partial charge in [0.1, 0.15) is 0 Å². The van der Waals surface area contributed by atoms with Gasteiger partial charge in [-0.25, -0.2) is 17.9 Å². The Labute approximate surface area is 132 Å². The first-order valence-corrected chi connectivity index (χ1v) is 8.84. The number of esters is 1. The molecule has 0 amide bonds. The number of methoxy groups -OCH3 is 1. The number of hydrogen-bond donors (Lipinski definition) is 2. The average Bonchev–Trinajstić information content (AvgIpc) is 2.52. The van der Waals surface area contributed by atoms with Crippen LogP contribution in [-0.4, -0.2) is 33.6 Å². The largest absolute Gasteiger partial charge is 0.465 e. The van der Waals surface area contributed by atoms with Crippen molar-refractivity contribution in [3.05, 3.63) is 35.4 Å². The summed E-state index contributed by atoms with van der Waals surface area (Å²) in [6, 6.07) is 6.49. The summed E-state index contributed by atoms with van der Waals surface area (Å²) in [6.45, 7) is 4.01. The summed E-state index contributed by atoms with van der Waals surface area (Å²) >= 11 is 0. The summed E-state index contributed by atoms with van der Waals surface area (Å²) in [6.07, 6.45) is 1.34. The van der Waals surface area contributed by atoms with E-state index in [-0.39, 0.29) is 17.9 Å². The van der Waals surface area contributed by atoms with Crippen molar-refractivity contribution in [3.63, 3.8) is 0 Å². The maximum atomic E-state index is 12.2. The van der Waals surface area contributed by atoms with Crippen LogP contribution in [0, 0.1) is 0 Å². The summed E-state index contributed by atoms with van der Waals surface area (Å²) in [5, 5.41) is 0. The fourth-order valence-corrected chi connectivity index (χ4v) is 3.24. The summed E-state index contributed by atoms with van der Waals surface area (Å²) in [7, 11) is -2.33. The van der Waals surface area contributed by atoms with E-state index in [1.807, 2.05) is 13.8 Å². The Morgan fingerprint density at radius 1 is 1.27 bits per heavy atom. The first-order chi connectivity index (χ1) is 10.3. The molecule has 0 aliphatic rings. The normalized spacial score (nSPS) is 12.2. The molecular weight excluding hydrogens is 304 g/mol. The Balaban J connectivity index is 2.88. The fraction of sp³-hybridized carbons (Fsp3) is 0.533. The molecule has 0 aliphatic carbocycles. The zero-order chi connectivity index (χ0) is 16.8. The van der Waals surface area contributed by atoms with E-state index < -0.39 is 21.5 Å². The molecule has 0 heterocycles. The molecule has 0 fully saturated rings. The van der Waals surface area contributed by atoms with Crippen LogP contribution in [0.5, 0.6) is 0 Å². The second-order valence-corrected chi connectivity index (χ2v) is 7.11. The SMILES string of the molecule is CCC(N)(CC)CNS(=O)(=O)Cc1ccccc1C(=O)OC. The smallest absolute Gasteiger partial charge is 0.338 e. The van der Waals surface area contributed by atoms with Gasteiger partial charge in [-0.05, 0) is 24.5 Å². The van der Waals surface area contributed by atoms with E-state index in [1.54, 1.807) is 24.3 Å². The van der Waals surface area contributed by atoms with E-state index in [4.69, 9.17) is 5.73 Å². The highest BCUT2D eigenvalue weighted by Gasteiger charge is 2.24. The molecule has 0 aromatic heterocycles. The van der Waals surface area contributed by atoms with E-state index >= 15 is 0 Å². The van der Waals surface area contributed by atoms with Crippen molar-refractivity contribution in [1.82, 2.24) is 4.72 Å². The average molecular weight is 328 g/mol. The molecule has 3 N–H and O–H groups in total. The molecule has 7 heteroatoms. The lowest BCUT2D eigenvalue weighted by atomic mass is 9.95. The van der Waals surface area contributed by atoms with Crippen LogP contribution in [0.25, 0.3) is 0 Å². The standard InChI is InChI=1S/C15H24N2O4S/c1-4-15(16,5-2)11-17-22(19,20)10-12-8-6-7-9-13(12)14(18)21-3/h6-9,17H,4-5,10-11,16H2,1-3H3. The van der Waals surface area contributed by atoms with Crippen LogP contribution in [-0.2, 0) is 20.5 Å². The van der Waals surface area contributed by atoms with Gasteiger partial charge in [0.2, 0.25) is 10.0 Å². The highest BCUT2D eigenvalue weighted by atomic mass is 32.2. The quantitative estimate of drug-likeness (QED) is 0.703. The third-order valence-corrected chi connectivity index (χ3v) is 5.10. The van der Waals surface area contributed by atoms with Crippen molar-refractivity contribution >= 4 is 16.0 Å². The molecule has 0 aliphatic heterocycles. The Morgan fingerprint density at radius 3 is 2.41 bits per heavy atom. The van der Waals surface area contributed by atoms with Crippen molar-refractivity contribution < 1.29 is 17.9 Å². The van der Waals surface area contributed by atoms with Gasteiger partial charge >= 0.3 is 5.97 Å². The summed E-state index contributed by atoms with van der Waals surface area (Å²) < 4.78 is 31.6. The monoisotopic (exact) mass is 328 g/mol. The second-order valence-electron chi connectivity index (χ2n) is 5.30. The number of nitrogens with one attached hydrogen (secondary N) is 1. The number of sulfonamides is 1. The van der Waals surface area contributed by atoms with Gasteiger partial charge in [-0.1, -0.05) is 32.0 Å². The first kappa shape index (κ1) is 18.6. The van der Waals surface area contributed by atoms with Crippen molar-refractivity contribution in [2.75, 3.05) is 13.7 Å². The van der Waals surface area contributed by atoms with Gasteiger partial charge in [0.15, 0.2) is 0 Å². The number of carbonyl (C=O) groups excluding carboxylic acids is 1. The predicted molar refractivity (Wildman–Crippen MR) is 85.9 cm³/mol. The molecule has 22 heavy (non-hydrogen) atoms. The number of rotatable bonds is 8. The minimum absolute atomic E-state index is 0.169. The lowest BCUT2D eigenvalue weighted by Gasteiger charge is -2.26. The van der Waals surface area contributed by atoms with Crippen molar-refractivity contribution in [1.29, 1.82) is 0 Å². The molecule has 0 bridgehead atoms. The minimum Gasteiger partial charge on any atom is -0.465 e. The van der Waals surface area contributed by atoms with Crippen LogP contribution in [0.3, 0.4) is 0 Å². The molecule has 1 aromatic rings. The maximum absolute atomic E-state index is 12.2. The molecule has 1 aromatic carbocycles. The molecule has 0 saturated carbocycles. The lowest BCUT2D eigenvalue weighted by Crippen LogP contribution is -2.49. The molecule has 0 atom stereocenters. The zero-order valence-electron chi connectivity index (χ0n) is 13.3. The van der Waals surface area contributed by atoms with Crippen LogP contribution in [0.15, 0.2) is 24.3 Å². The third kappa shape index (κ3) is 5.08.